The van der Waals surface area contributed by atoms with Crippen molar-refractivity contribution in [2.24, 2.45) is 5.92 Å². The lowest BCUT2D eigenvalue weighted by Gasteiger charge is -2.09. The van der Waals surface area contributed by atoms with Crippen molar-refractivity contribution in [1.82, 2.24) is 4.98 Å². The van der Waals surface area contributed by atoms with Crippen molar-refractivity contribution < 1.29 is 14.3 Å². The number of ether oxygens (including phenoxy) is 1. The lowest BCUT2D eigenvalue weighted by Crippen LogP contribution is -2.23. The van der Waals surface area contributed by atoms with E-state index in [1.165, 1.54) is 11.3 Å². The van der Waals surface area contributed by atoms with Crippen LogP contribution in [-0.4, -0.2) is 23.5 Å². The fourth-order valence-electron chi connectivity index (χ4n) is 2.07. The van der Waals surface area contributed by atoms with Crippen LogP contribution in [0.25, 0.3) is 10.2 Å². The number of hydrogen-bond donors (Lipinski definition) is 1. The molecular weight excluding hydrogens is 300 g/mol. The monoisotopic (exact) mass is 320 g/mol. The number of nitrogens with zero attached hydrogens (tertiary/aromatic N) is 1. The number of aromatic nitrogens is 1. The maximum atomic E-state index is 11.8. The van der Waals surface area contributed by atoms with Gasteiger partial charge in [-0.15, -0.1) is 0 Å². The Hall–Kier alpha value is -1.95. The van der Waals surface area contributed by atoms with Crippen molar-refractivity contribution in [2.75, 3.05) is 11.9 Å². The number of carbonyl (C=O) groups is 2. The molecule has 2 aromatic rings. The van der Waals surface area contributed by atoms with Crippen molar-refractivity contribution in [3.8, 4) is 0 Å². The summed E-state index contributed by atoms with van der Waals surface area (Å²) in [5, 5.41) is 3.19. The van der Waals surface area contributed by atoms with Gasteiger partial charge in [0.25, 0.3) is 5.91 Å². The molecule has 0 saturated heterocycles. The van der Waals surface area contributed by atoms with Crippen LogP contribution in [0.5, 0.6) is 0 Å². The molecule has 0 bridgehead atoms. The van der Waals surface area contributed by atoms with Gasteiger partial charge >= 0.3 is 5.97 Å². The van der Waals surface area contributed by atoms with Crippen LogP contribution in [0.3, 0.4) is 0 Å². The van der Waals surface area contributed by atoms with Gasteiger partial charge in [-0.3, -0.25) is 14.9 Å². The van der Waals surface area contributed by atoms with Gasteiger partial charge in [0.2, 0.25) is 0 Å². The zero-order valence-corrected chi connectivity index (χ0v) is 13.8. The predicted molar refractivity (Wildman–Crippen MR) is 88.0 cm³/mol. The second kappa shape index (κ2) is 7.35. The fourth-order valence-corrected chi connectivity index (χ4v) is 3.05. The summed E-state index contributed by atoms with van der Waals surface area (Å²) in [6.45, 7) is 5.54. The van der Waals surface area contributed by atoms with E-state index in [4.69, 9.17) is 4.74 Å². The Bertz CT molecular complexity index is 681. The molecule has 0 aliphatic carbocycles. The Morgan fingerprint density at radius 3 is 2.91 bits per heavy atom. The number of aryl methyl sites for hydroxylation is 1. The number of fused-ring (bicyclic) bond motifs is 1. The Kier molecular flexibility index (Phi) is 5.49. The molecule has 1 amide bonds. The molecule has 5 nitrogen and oxygen atoms in total. The largest absolute Gasteiger partial charge is 0.455 e. The Balaban J connectivity index is 1.89. The van der Waals surface area contributed by atoms with E-state index in [1.807, 2.05) is 32.0 Å². The van der Waals surface area contributed by atoms with Gasteiger partial charge in [0, 0.05) is 0 Å². The van der Waals surface area contributed by atoms with Gasteiger partial charge in [0.1, 0.15) is 0 Å². The first-order valence-corrected chi connectivity index (χ1v) is 8.15. The normalized spacial score (nSPS) is 12.1. The van der Waals surface area contributed by atoms with Crippen molar-refractivity contribution >= 4 is 38.6 Å². The minimum absolute atomic E-state index is 0.178. The molecule has 1 aromatic carbocycles. The molecule has 0 fully saturated rings. The molecule has 6 heteroatoms. The molecule has 0 saturated carbocycles. The number of nitrogens with one attached hydrogen (secondary N) is 1. The molecule has 1 N–H and O–H groups in total. The van der Waals surface area contributed by atoms with Crippen molar-refractivity contribution in [2.45, 2.75) is 33.6 Å². The molecule has 22 heavy (non-hydrogen) atoms. The number of carbonyl (C=O) groups excluding carboxylic acids is 2. The van der Waals surface area contributed by atoms with E-state index in [0.29, 0.717) is 5.13 Å². The molecule has 1 heterocycles. The van der Waals surface area contributed by atoms with Crippen LogP contribution >= 0.6 is 11.3 Å². The fraction of sp³-hybridized carbons (Fsp3) is 0.438. The number of esters is 1. The lowest BCUT2D eigenvalue weighted by atomic mass is 10.1. The highest BCUT2D eigenvalue weighted by atomic mass is 32.1. The second-order valence-electron chi connectivity index (χ2n) is 5.34. The van der Waals surface area contributed by atoms with Gasteiger partial charge in [0.15, 0.2) is 11.7 Å². The average Bonchev–Trinajstić information content (AvgIpc) is 2.86. The first-order valence-electron chi connectivity index (χ1n) is 7.33. The zero-order valence-electron chi connectivity index (χ0n) is 13.0. The Morgan fingerprint density at radius 2 is 2.18 bits per heavy atom. The summed E-state index contributed by atoms with van der Waals surface area (Å²) in [4.78, 5) is 27.8. The van der Waals surface area contributed by atoms with Gasteiger partial charge < -0.3 is 4.74 Å². The predicted octanol–water partition coefficient (Wildman–Crippen LogP) is 3.52. The van der Waals surface area contributed by atoms with Gasteiger partial charge in [-0.2, -0.15) is 0 Å². The molecule has 1 atom stereocenters. The summed E-state index contributed by atoms with van der Waals surface area (Å²) < 4.78 is 6.03. The van der Waals surface area contributed by atoms with Gasteiger partial charge in [-0.05, 0) is 31.0 Å². The highest BCUT2D eigenvalue weighted by Gasteiger charge is 2.15. The van der Waals surface area contributed by atoms with E-state index in [-0.39, 0.29) is 24.4 Å². The number of rotatable bonds is 6. The summed E-state index contributed by atoms with van der Waals surface area (Å²) in [7, 11) is 0. The second-order valence-corrected chi connectivity index (χ2v) is 6.37. The molecule has 0 spiro atoms. The maximum Gasteiger partial charge on any atom is 0.309 e. The average molecular weight is 320 g/mol. The van der Waals surface area contributed by atoms with Crippen LogP contribution in [0.2, 0.25) is 0 Å². The van der Waals surface area contributed by atoms with E-state index in [9.17, 15) is 9.59 Å². The van der Waals surface area contributed by atoms with Crippen LogP contribution in [0, 0.1) is 12.8 Å². The number of amides is 1. The number of anilines is 1. The standard InChI is InChI=1S/C16H20N2O3S/c1-4-5-11(3)15(20)21-9-14(19)18-16-17-12-7-6-10(2)8-13(12)22-16/h6-8,11H,4-5,9H2,1-3H3,(H,17,18,19)/t11-/m1/s1. The summed E-state index contributed by atoms with van der Waals surface area (Å²) in [6, 6.07) is 5.92. The summed E-state index contributed by atoms with van der Waals surface area (Å²) in [5.41, 5.74) is 1.99. The molecule has 1 aromatic heterocycles. The Labute approximate surface area is 133 Å². The zero-order chi connectivity index (χ0) is 16.1. The summed E-state index contributed by atoms with van der Waals surface area (Å²) in [6.07, 6.45) is 1.67. The first kappa shape index (κ1) is 16.4. The highest BCUT2D eigenvalue weighted by Crippen LogP contribution is 2.26. The van der Waals surface area contributed by atoms with Crippen LogP contribution in [-0.2, 0) is 14.3 Å². The topological polar surface area (TPSA) is 68.3 Å². The van der Waals surface area contributed by atoms with Crippen LogP contribution < -0.4 is 5.32 Å². The van der Waals surface area contributed by atoms with E-state index >= 15 is 0 Å². The van der Waals surface area contributed by atoms with Gasteiger partial charge in [-0.25, -0.2) is 4.98 Å². The molecule has 2 rings (SSSR count). The van der Waals surface area contributed by atoms with Crippen LogP contribution in [0.15, 0.2) is 18.2 Å². The number of thiazole rings is 1. The van der Waals surface area contributed by atoms with E-state index in [0.717, 1.165) is 28.6 Å². The molecule has 0 aliphatic heterocycles. The van der Waals surface area contributed by atoms with Gasteiger partial charge in [-0.1, -0.05) is 37.7 Å². The molecule has 118 valence electrons. The minimum Gasteiger partial charge on any atom is -0.455 e. The molecule has 0 unspecified atom stereocenters. The lowest BCUT2D eigenvalue weighted by molar-refractivity contribution is -0.151. The van der Waals surface area contributed by atoms with E-state index < -0.39 is 0 Å². The van der Waals surface area contributed by atoms with E-state index in [1.54, 1.807) is 6.92 Å². The third-order valence-corrected chi connectivity index (χ3v) is 4.19. The van der Waals surface area contributed by atoms with Crippen LogP contribution in [0.4, 0.5) is 5.13 Å². The highest BCUT2D eigenvalue weighted by molar-refractivity contribution is 7.22. The van der Waals surface area contributed by atoms with Crippen LogP contribution in [0.1, 0.15) is 32.3 Å². The van der Waals surface area contributed by atoms with Gasteiger partial charge in [0.05, 0.1) is 16.1 Å². The molecule has 0 radical (unpaired) electrons. The first-order chi connectivity index (χ1) is 10.5. The van der Waals surface area contributed by atoms with Crippen molar-refractivity contribution in [1.29, 1.82) is 0 Å². The van der Waals surface area contributed by atoms with Crippen molar-refractivity contribution in [3.05, 3.63) is 23.8 Å². The third kappa shape index (κ3) is 4.27. The maximum absolute atomic E-state index is 11.8. The third-order valence-electron chi connectivity index (χ3n) is 3.26. The van der Waals surface area contributed by atoms with Crippen molar-refractivity contribution in [3.63, 3.8) is 0 Å². The smallest absolute Gasteiger partial charge is 0.309 e. The van der Waals surface area contributed by atoms with E-state index in [2.05, 4.69) is 10.3 Å². The summed E-state index contributed by atoms with van der Waals surface area (Å²) in [5.74, 6) is -0.882. The summed E-state index contributed by atoms with van der Waals surface area (Å²) >= 11 is 1.40. The molecule has 0 aliphatic rings. The minimum atomic E-state index is -0.368. The number of benzene rings is 1. The quantitative estimate of drug-likeness (QED) is 0.827. The SMILES string of the molecule is CCC[C@@H](C)C(=O)OCC(=O)Nc1nc2ccc(C)cc2s1. The Morgan fingerprint density at radius 1 is 1.41 bits per heavy atom. The molecular formula is C16H20N2O3S. The number of hydrogen-bond acceptors (Lipinski definition) is 5.